The van der Waals surface area contributed by atoms with Gasteiger partial charge in [-0.3, -0.25) is 14.5 Å². The number of methoxy groups -OCH3 is 1. The van der Waals surface area contributed by atoms with Crippen molar-refractivity contribution in [3.05, 3.63) is 51.8 Å². The molecule has 35 heavy (non-hydrogen) atoms. The van der Waals surface area contributed by atoms with Gasteiger partial charge in [-0.25, -0.2) is 4.79 Å². The number of rotatable bonds is 6. The lowest BCUT2D eigenvalue weighted by Gasteiger charge is -2.37. The number of carbonyl (C=O) groups excluding carboxylic acids is 2. The van der Waals surface area contributed by atoms with E-state index >= 15 is 0 Å². The van der Waals surface area contributed by atoms with Crippen molar-refractivity contribution >= 4 is 12.0 Å². The van der Waals surface area contributed by atoms with Gasteiger partial charge in [0.2, 0.25) is 0 Å². The Balaban J connectivity index is 1.50. The molecule has 10 nitrogen and oxygen atoms in total. The minimum absolute atomic E-state index is 0.175. The van der Waals surface area contributed by atoms with Gasteiger partial charge in [0.1, 0.15) is 17.1 Å². The lowest BCUT2D eigenvalue weighted by Crippen LogP contribution is -2.47. The number of hydrogen-bond acceptors (Lipinski definition) is 7. The second-order valence-electron chi connectivity index (χ2n) is 8.94. The van der Waals surface area contributed by atoms with Crippen molar-refractivity contribution in [3.63, 3.8) is 0 Å². The minimum Gasteiger partial charge on any atom is -0.496 e. The number of aromatic nitrogens is 1. The van der Waals surface area contributed by atoms with Crippen molar-refractivity contribution in [2.45, 2.75) is 51.7 Å². The monoisotopic (exact) mass is 486 g/mol. The van der Waals surface area contributed by atoms with Gasteiger partial charge in [0.15, 0.2) is 0 Å². The van der Waals surface area contributed by atoms with Gasteiger partial charge in [0, 0.05) is 56.9 Å². The Bertz CT molecular complexity index is 1090. The molecule has 4 heterocycles. The van der Waals surface area contributed by atoms with Crippen LogP contribution in [0.25, 0.3) is 0 Å². The van der Waals surface area contributed by atoms with Crippen LogP contribution in [0.15, 0.2) is 33.7 Å². The Morgan fingerprint density at radius 1 is 1.20 bits per heavy atom. The zero-order valence-corrected chi connectivity index (χ0v) is 20.6. The number of pyridine rings is 1. The van der Waals surface area contributed by atoms with E-state index in [1.807, 2.05) is 19.9 Å². The van der Waals surface area contributed by atoms with Crippen LogP contribution >= 0.6 is 0 Å². The summed E-state index contributed by atoms with van der Waals surface area (Å²) in [4.78, 5) is 42.4. The fourth-order valence-electron chi connectivity index (χ4n) is 5.04. The van der Waals surface area contributed by atoms with E-state index < -0.39 is 0 Å². The predicted octanol–water partition coefficient (Wildman–Crippen LogP) is 2.42. The lowest BCUT2D eigenvalue weighted by atomic mass is 10.0. The highest BCUT2D eigenvalue weighted by molar-refractivity contribution is 5.98. The second-order valence-corrected chi connectivity index (χ2v) is 8.94. The molecule has 2 amide bonds. The molecule has 4 rings (SSSR count). The predicted molar refractivity (Wildman–Crippen MR) is 129 cm³/mol. The second kappa shape index (κ2) is 11.0. The van der Waals surface area contributed by atoms with Crippen molar-refractivity contribution in [2.24, 2.45) is 0 Å². The van der Waals surface area contributed by atoms with Crippen molar-refractivity contribution in [1.29, 1.82) is 0 Å². The Hall–Kier alpha value is -3.27. The van der Waals surface area contributed by atoms with Gasteiger partial charge >= 0.3 is 6.09 Å². The van der Waals surface area contributed by atoms with E-state index in [9.17, 15) is 14.4 Å². The van der Waals surface area contributed by atoms with E-state index in [0.717, 1.165) is 12.8 Å². The van der Waals surface area contributed by atoms with E-state index in [2.05, 4.69) is 10.2 Å². The fraction of sp³-hybridized carbons (Fsp3) is 0.560. The quantitative estimate of drug-likeness (QED) is 0.668. The Labute approximate surface area is 204 Å². The van der Waals surface area contributed by atoms with Crippen LogP contribution in [0.4, 0.5) is 4.79 Å². The number of piperidine rings is 1. The van der Waals surface area contributed by atoms with Crippen molar-refractivity contribution in [1.82, 2.24) is 19.7 Å². The summed E-state index contributed by atoms with van der Waals surface area (Å²) in [5.41, 5.74) is 0.904. The maximum Gasteiger partial charge on any atom is 0.409 e. The zero-order chi connectivity index (χ0) is 24.9. The van der Waals surface area contributed by atoms with Gasteiger partial charge in [-0.15, -0.1) is 0 Å². The number of likely N-dealkylation sites (tertiary alicyclic amines) is 1. The number of fused-ring (bicyclic) bond motifs is 1. The molecule has 2 aliphatic heterocycles. The van der Waals surface area contributed by atoms with Crippen LogP contribution < -0.4 is 15.6 Å². The van der Waals surface area contributed by atoms with Crippen LogP contribution in [0.1, 0.15) is 54.5 Å². The van der Waals surface area contributed by atoms with Gasteiger partial charge in [-0.2, -0.15) is 0 Å². The van der Waals surface area contributed by atoms with Crippen molar-refractivity contribution in [3.8, 4) is 5.75 Å². The van der Waals surface area contributed by atoms with Crippen molar-refractivity contribution in [2.75, 3.05) is 39.9 Å². The van der Waals surface area contributed by atoms with Crippen LogP contribution in [0, 0.1) is 0 Å². The summed E-state index contributed by atoms with van der Waals surface area (Å²) in [6.07, 6.45) is 3.55. The first-order valence-corrected chi connectivity index (χ1v) is 12.2. The number of nitrogens with zero attached hydrogens (tertiary/aromatic N) is 3. The maximum atomic E-state index is 13.4. The number of amides is 2. The molecule has 0 spiro atoms. The first-order valence-electron chi connectivity index (χ1n) is 12.2. The SMILES string of the molecule is CCOC(=O)N1CCC(N2CCc3c(C(=O)NC(C)c4ccco4)c(OC)cc(=O)n3CC2)CC1. The van der Waals surface area contributed by atoms with Crippen LogP contribution in [0.5, 0.6) is 5.75 Å². The van der Waals surface area contributed by atoms with Crippen LogP contribution in [-0.2, 0) is 17.7 Å². The number of furan rings is 1. The summed E-state index contributed by atoms with van der Waals surface area (Å²) < 4.78 is 17.7. The molecule has 2 aliphatic rings. The van der Waals surface area contributed by atoms with Gasteiger partial charge in [0.25, 0.3) is 11.5 Å². The highest BCUT2D eigenvalue weighted by Gasteiger charge is 2.31. The normalized spacial score (nSPS) is 17.9. The molecule has 0 bridgehead atoms. The van der Waals surface area contributed by atoms with Gasteiger partial charge in [-0.1, -0.05) is 0 Å². The Morgan fingerprint density at radius 2 is 1.97 bits per heavy atom. The average Bonchev–Trinajstić information content (AvgIpc) is 3.31. The number of nitrogens with one attached hydrogen (secondary N) is 1. The van der Waals surface area contributed by atoms with E-state index in [4.69, 9.17) is 13.9 Å². The molecule has 1 unspecified atom stereocenters. The van der Waals surface area contributed by atoms with Gasteiger partial charge in [-0.05, 0) is 38.8 Å². The smallest absolute Gasteiger partial charge is 0.409 e. The van der Waals surface area contributed by atoms with Crippen molar-refractivity contribution < 1.29 is 23.5 Å². The molecule has 1 atom stereocenters. The molecule has 2 aromatic rings. The van der Waals surface area contributed by atoms with E-state index in [-0.39, 0.29) is 29.4 Å². The molecule has 0 saturated carbocycles. The standard InChI is InChI=1S/C25H34N4O6/c1-4-34-25(32)28-10-7-18(8-11-28)27-12-9-19-23(21(33-3)16-22(30)29(19)14-13-27)24(31)26-17(2)20-6-5-15-35-20/h5-6,15-18H,4,7-14H2,1-3H3,(H,26,31). The van der Waals surface area contributed by atoms with Gasteiger partial charge in [0.05, 0.1) is 26.0 Å². The number of hydrogen-bond donors (Lipinski definition) is 1. The molecule has 2 aromatic heterocycles. The van der Waals surface area contributed by atoms with Crippen LogP contribution in [0.2, 0.25) is 0 Å². The first kappa shape index (κ1) is 24.8. The molecule has 190 valence electrons. The lowest BCUT2D eigenvalue weighted by molar-refractivity contribution is 0.0751. The topological polar surface area (TPSA) is 106 Å². The third-order valence-corrected chi connectivity index (χ3v) is 6.90. The molecule has 0 aliphatic carbocycles. The van der Waals surface area contributed by atoms with Crippen LogP contribution in [-0.4, -0.2) is 72.3 Å². The molecule has 10 heteroatoms. The first-order chi connectivity index (χ1) is 16.9. The third-order valence-electron chi connectivity index (χ3n) is 6.90. The van der Waals surface area contributed by atoms with E-state index in [1.54, 1.807) is 21.8 Å². The minimum atomic E-state index is -0.332. The third kappa shape index (κ3) is 5.37. The summed E-state index contributed by atoms with van der Waals surface area (Å²) in [6.45, 7) is 7.24. The summed E-state index contributed by atoms with van der Waals surface area (Å²) in [5, 5.41) is 2.97. The molecular formula is C25H34N4O6. The van der Waals surface area contributed by atoms with Crippen LogP contribution in [0.3, 0.4) is 0 Å². The maximum absolute atomic E-state index is 13.4. The van der Waals surface area contributed by atoms with E-state index in [1.165, 1.54) is 13.2 Å². The Kier molecular flexibility index (Phi) is 7.80. The molecule has 0 radical (unpaired) electrons. The summed E-state index contributed by atoms with van der Waals surface area (Å²) >= 11 is 0. The molecular weight excluding hydrogens is 452 g/mol. The highest BCUT2D eigenvalue weighted by atomic mass is 16.6. The average molecular weight is 487 g/mol. The largest absolute Gasteiger partial charge is 0.496 e. The van der Waals surface area contributed by atoms with Gasteiger partial charge < -0.3 is 28.7 Å². The molecule has 1 fully saturated rings. The molecule has 0 aromatic carbocycles. The Morgan fingerprint density at radius 3 is 2.63 bits per heavy atom. The summed E-state index contributed by atoms with van der Waals surface area (Å²) in [6, 6.07) is 4.95. The zero-order valence-electron chi connectivity index (χ0n) is 20.6. The number of ether oxygens (including phenoxy) is 2. The molecule has 1 saturated heterocycles. The highest BCUT2D eigenvalue weighted by Crippen LogP contribution is 2.26. The summed E-state index contributed by atoms with van der Waals surface area (Å²) in [5.74, 6) is 0.629. The fourth-order valence-corrected chi connectivity index (χ4v) is 5.04. The molecule has 1 N–H and O–H groups in total. The number of carbonyl (C=O) groups is 2. The summed E-state index contributed by atoms with van der Waals surface area (Å²) in [7, 11) is 1.47. The van der Waals surface area contributed by atoms with E-state index in [0.29, 0.717) is 68.8 Å².